The predicted octanol–water partition coefficient (Wildman–Crippen LogP) is 1.46. The first-order chi connectivity index (χ1) is 6.91. The van der Waals surface area contributed by atoms with E-state index in [-0.39, 0.29) is 10.2 Å². The maximum Gasteiger partial charge on any atom is 0.239 e. The Balaban J connectivity index is 2.95. The summed E-state index contributed by atoms with van der Waals surface area (Å²) in [5.41, 5.74) is 11.3. The van der Waals surface area contributed by atoms with Crippen LogP contribution in [0.25, 0.3) is 0 Å². The molecule has 6 heteroatoms. The van der Waals surface area contributed by atoms with Gasteiger partial charge in [0.25, 0.3) is 0 Å². The number of nitrogens with two attached hydrogens (primary N) is 2. The van der Waals surface area contributed by atoms with Crippen molar-refractivity contribution in [3.05, 3.63) is 22.4 Å². The highest BCUT2D eigenvalue weighted by molar-refractivity contribution is 9.10. The van der Waals surface area contributed by atoms with Gasteiger partial charge >= 0.3 is 0 Å². The van der Waals surface area contributed by atoms with Gasteiger partial charge in [0, 0.05) is 6.07 Å². The van der Waals surface area contributed by atoms with Gasteiger partial charge < -0.3 is 16.8 Å². The minimum atomic E-state index is -0.565. The summed E-state index contributed by atoms with van der Waals surface area (Å²) in [6.45, 7) is 1.60. The van der Waals surface area contributed by atoms with Crippen molar-refractivity contribution in [3.8, 4) is 0 Å². The van der Waals surface area contributed by atoms with Crippen LogP contribution in [-0.4, -0.2) is 11.9 Å². The molecule has 0 heterocycles. The van der Waals surface area contributed by atoms with Crippen molar-refractivity contribution in [2.24, 2.45) is 5.73 Å². The van der Waals surface area contributed by atoms with Gasteiger partial charge in [0.2, 0.25) is 5.91 Å². The topological polar surface area (TPSA) is 81.1 Å². The number of carbonyl (C=O) groups is 1. The SMILES string of the molecule is CC(Nc1cc(Br)c(F)cc1N)C(N)=O. The van der Waals surface area contributed by atoms with E-state index in [1.54, 1.807) is 6.92 Å². The van der Waals surface area contributed by atoms with E-state index in [1.807, 2.05) is 0 Å². The molecule has 1 aromatic rings. The van der Waals surface area contributed by atoms with Crippen LogP contribution in [0.15, 0.2) is 16.6 Å². The maximum absolute atomic E-state index is 13.0. The van der Waals surface area contributed by atoms with E-state index in [0.717, 1.165) is 0 Å². The molecule has 0 aromatic heterocycles. The second-order valence-electron chi connectivity index (χ2n) is 3.12. The van der Waals surface area contributed by atoms with Gasteiger partial charge in [-0.05, 0) is 28.9 Å². The van der Waals surface area contributed by atoms with Crippen LogP contribution < -0.4 is 16.8 Å². The Morgan fingerprint density at radius 2 is 2.20 bits per heavy atom. The number of primary amides is 1. The molecule has 0 fully saturated rings. The minimum Gasteiger partial charge on any atom is -0.397 e. The third-order valence-electron chi connectivity index (χ3n) is 1.89. The van der Waals surface area contributed by atoms with E-state index >= 15 is 0 Å². The lowest BCUT2D eigenvalue weighted by atomic mass is 10.2. The van der Waals surface area contributed by atoms with Crippen molar-refractivity contribution in [2.75, 3.05) is 11.1 Å². The Bertz CT molecular complexity index is 397. The molecular formula is C9H11BrFN3O. The summed E-state index contributed by atoms with van der Waals surface area (Å²) in [6, 6.07) is 2.06. The normalized spacial score (nSPS) is 12.2. The summed E-state index contributed by atoms with van der Waals surface area (Å²) in [6.07, 6.45) is 0. The summed E-state index contributed by atoms with van der Waals surface area (Å²) < 4.78 is 13.3. The zero-order valence-electron chi connectivity index (χ0n) is 8.05. The van der Waals surface area contributed by atoms with Crippen LogP contribution in [0.4, 0.5) is 15.8 Å². The molecule has 1 unspecified atom stereocenters. The monoisotopic (exact) mass is 275 g/mol. The second kappa shape index (κ2) is 4.48. The molecule has 0 aliphatic heterocycles. The number of halogens is 2. The van der Waals surface area contributed by atoms with Gasteiger partial charge in [-0.2, -0.15) is 0 Å². The fourth-order valence-corrected chi connectivity index (χ4v) is 1.33. The molecule has 1 amide bonds. The molecule has 0 saturated carbocycles. The number of amides is 1. The standard InChI is InChI=1S/C9H11BrFN3O/c1-4(9(13)15)14-8-2-5(10)6(11)3-7(8)12/h2-4,14H,12H2,1H3,(H2,13,15). The third-order valence-corrected chi connectivity index (χ3v) is 2.50. The van der Waals surface area contributed by atoms with E-state index in [4.69, 9.17) is 11.5 Å². The van der Waals surface area contributed by atoms with E-state index in [0.29, 0.717) is 5.69 Å². The predicted molar refractivity (Wildman–Crippen MR) is 60.8 cm³/mol. The fourth-order valence-electron chi connectivity index (χ4n) is 0.992. The molecule has 0 radical (unpaired) electrons. The Labute approximate surface area is 95.0 Å². The van der Waals surface area contributed by atoms with Crippen LogP contribution in [0.1, 0.15) is 6.92 Å². The quantitative estimate of drug-likeness (QED) is 0.731. The Morgan fingerprint density at radius 1 is 1.60 bits per heavy atom. The fraction of sp³-hybridized carbons (Fsp3) is 0.222. The van der Waals surface area contributed by atoms with Crippen molar-refractivity contribution in [2.45, 2.75) is 13.0 Å². The number of hydrogen-bond acceptors (Lipinski definition) is 3. The highest BCUT2D eigenvalue weighted by atomic mass is 79.9. The zero-order valence-corrected chi connectivity index (χ0v) is 9.64. The molecule has 15 heavy (non-hydrogen) atoms. The van der Waals surface area contributed by atoms with Gasteiger partial charge in [-0.25, -0.2) is 4.39 Å². The van der Waals surface area contributed by atoms with Crippen LogP contribution >= 0.6 is 15.9 Å². The first kappa shape index (κ1) is 11.8. The Kier molecular flexibility index (Phi) is 3.52. The molecule has 0 aliphatic rings. The van der Waals surface area contributed by atoms with Crippen LogP contribution in [0, 0.1) is 5.82 Å². The lowest BCUT2D eigenvalue weighted by Gasteiger charge is -2.14. The van der Waals surface area contributed by atoms with Crippen molar-refractivity contribution in [3.63, 3.8) is 0 Å². The molecule has 0 spiro atoms. The van der Waals surface area contributed by atoms with Gasteiger partial charge in [0.15, 0.2) is 0 Å². The molecule has 0 bridgehead atoms. The molecule has 82 valence electrons. The van der Waals surface area contributed by atoms with Crippen molar-refractivity contribution in [1.29, 1.82) is 0 Å². The van der Waals surface area contributed by atoms with Gasteiger partial charge in [-0.15, -0.1) is 0 Å². The second-order valence-corrected chi connectivity index (χ2v) is 3.98. The molecular weight excluding hydrogens is 265 g/mol. The van der Waals surface area contributed by atoms with Crippen molar-refractivity contribution < 1.29 is 9.18 Å². The van der Waals surface area contributed by atoms with Crippen molar-refractivity contribution in [1.82, 2.24) is 0 Å². The molecule has 1 rings (SSSR count). The number of hydrogen-bond donors (Lipinski definition) is 3. The molecule has 1 aromatic carbocycles. The molecule has 1 atom stereocenters. The number of nitrogen functional groups attached to an aromatic ring is 1. The summed E-state index contributed by atoms with van der Waals surface area (Å²) in [7, 11) is 0. The number of nitrogens with one attached hydrogen (secondary N) is 1. The Morgan fingerprint density at radius 3 is 2.73 bits per heavy atom. The lowest BCUT2D eigenvalue weighted by molar-refractivity contribution is -0.118. The average Bonchev–Trinajstić information content (AvgIpc) is 2.13. The molecule has 0 aliphatic carbocycles. The van der Waals surface area contributed by atoms with Crippen LogP contribution in [-0.2, 0) is 4.79 Å². The molecule has 5 N–H and O–H groups in total. The summed E-state index contributed by atoms with van der Waals surface area (Å²) >= 11 is 3.02. The van der Waals surface area contributed by atoms with Gasteiger partial charge in [0.05, 0.1) is 15.8 Å². The summed E-state index contributed by atoms with van der Waals surface area (Å²) in [5.74, 6) is -0.959. The van der Waals surface area contributed by atoms with Gasteiger partial charge in [-0.3, -0.25) is 4.79 Å². The van der Waals surface area contributed by atoms with E-state index in [2.05, 4.69) is 21.2 Å². The maximum atomic E-state index is 13.0. The van der Waals surface area contributed by atoms with Crippen LogP contribution in [0.3, 0.4) is 0 Å². The van der Waals surface area contributed by atoms with Crippen LogP contribution in [0.2, 0.25) is 0 Å². The number of rotatable bonds is 3. The van der Waals surface area contributed by atoms with E-state index < -0.39 is 17.8 Å². The zero-order chi connectivity index (χ0) is 11.6. The van der Waals surface area contributed by atoms with Gasteiger partial charge in [0.1, 0.15) is 11.9 Å². The first-order valence-electron chi connectivity index (χ1n) is 4.22. The van der Waals surface area contributed by atoms with Gasteiger partial charge in [-0.1, -0.05) is 0 Å². The highest BCUT2D eigenvalue weighted by Gasteiger charge is 2.11. The highest BCUT2D eigenvalue weighted by Crippen LogP contribution is 2.26. The van der Waals surface area contributed by atoms with Crippen LogP contribution in [0.5, 0.6) is 0 Å². The molecule has 4 nitrogen and oxygen atoms in total. The van der Waals surface area contributed by atoms with Crippen molar-refractivity contribution >= 4 is 33.2 Å². The number of carbonyl (C=O) groups excluding carboxylic acids is 1. The smallest absolute Gasteiger partial charge is 0.239 e. The summed E-state index contributed by atoms with van der Waals surface area (Å²) in [4.78, 5) is 10.8. The largest absolute Gasteiger partial charge is 0.397 e. The first-order valence-corrected chi connectivity index (χ1v) is 5.01. The Hall–Kier alpha value is -1.30. The lowest BCUT2D eigenvalue weighted by Crippen LogP contribution is -2.32. The molecule has 0 saturated heterocycles. The number of benzene rings is 1. The minimum absolute atomic E-state index is 0.226. The number of anilines is 2. The average molecular weight is 276 g/mol. The van der Waals surface area contributed by atoms with E-state index in [9.17, 15) is 9.18 Å². The van der Waals surface area contributed by atoms with E-state index in [1.165, 1.54) is 12.1 Å². The third kappa shape index (κ3) is 2.82. The summed E-state index contributed by atoms with van der Waals surface area (Å²) in [5, 5.41) is 2.78.